The molecular weight excluding hydrogens is 278 g/mol. The highest BCUT2D eigenvalue weighted by atomic mass is 32.2. The minimum atomic E-state index is -3.65. The number of sulfonamides is 1. The van der Waals surface area contributed by atoms with Crippen molar-refractivity contribution < 1.29 is 13.5 Å². The number of nitrogens with one attached hydrogen (secondary N) is 2. The van der Waals surface area contributed by atoms with Gasteiger partial charge in [0.15, 0.2) is 0 Å². The van der Waals surface area contributed by atoms with Gasteiger partial charge in [0.2, 0.25) is 10.0 Å². The van der Waals surface area contributed by atoms with Crippen LogP contribution in [-0.4, -0.2) is 23.7 Å². The highest BCUT2D eigenvalue weighted by Gasteiger charge is 2.21. The Labute approximate surface area is 117 Å². The molecule has 0 radical (unpaired) electrons. The van der Waals surface area contributed by atoms with Crippen LogP contribution in [0.1, 0.15) is 29.7 Å². The zero-order valence-electron chi connectivity index (χ0n) is 11.3. The van der Waals surface area contributed by atoms with Crippen molar-refractivity contribution >= 4 is 10.0 Å². The predicted octanol–water partition coefficient (Wildman–Crippen LogP) is 1.25. The normalized spacial score (nSPS) is 13.3. The van der Waals surface area contributed by atoms with E-state index in [0.29, 0.717) is 11.1 Å². The van der Waals surface area contributed by atoms with E-state index in [1.54, 1.807) is 38.4 Å². The van der Waals surface area contributed by atoms with Crippen LogP contribution in [0.15, 0.2) is 35.5 Å². The van der Waals surface area contributed by atoms with E-state index in [4.69, 9.17) is 5.11 Å². The molecule has 0 spiro atoms. The second-order valence-corrected chi connectivity index (χ2v) is 6.31. The largest absolute Gasteiger partial charge is 0.392 e. The molecule has 1 aromatic heterocycles. The maximum Gasteiger partial charge on any atom is 0.241 e. The van der Waals surface area contributed by atoms with Crippen molar-refractivity contribution in [2.75, 3.05) is 0 Å². The van der Waals surface area contributed by atoms with Gasteiger partial charge in [-0.15, -0.1) is 0 Å². The van der Waals surface area contributed by atoms with Gasteiger partial charge < -0.3 is 5.11 Å². The molecule has 1 atom stereocenters. The molecule has 1 aromatic carbocycles. The van der Waals surface area contributed by atoms with Crippen molar-refractivity contribution in [1.29, 1.82) is 0 Å². The predicted molar refractivity (Wildman–Crippen MR) is 74.4 cm³/mol. The molecule has 0 aliphatic carbocycles. The number of nitrogens with zero attached hydrogens (tertiary/aromatic N) is 1. The molecule has 0 bridgehead atoms. The molecule has 6 nitrogen and oxygen atoms in total. The van der Waals surface area contributed by atoms with Gasteiger partial charge in [0.25, 0.3) is 0 Å². The molecule has 0 fully saturated rings. The Hall–Kier alpha value is -1.70. The topological polar surface area (TPSA) is 95.1 Å². The Balaban J connectivity index is 2.31. The zero-order chi connectivity index (χ0) is 14.8. The van der Waals surface area contributed by atoms with Crippen LogP contribution in [0.3, 0.4) is 0 Å². The van der Waals surface area contributed by atoms with Crippen LogP contribution in [0.5, 0.6) is 0 Å². The molecule has 0 saturated carbocycles. The Morgan fingerprint density at radius 1 is 1.45 bits per heavy atom. The molecule has 3 N–H and O–H groups in total. The van der Waals surface area contributed by atoms with Gasteiger partial charge in [0.05, 0.1) is 17.7 Å². The summed E-state index contributed by atoms with van der Waals surface area (Å²) < 4.78 is 27.4. The quantitative estimate of drug-likeness (QED) is 0.773. The highest BCUT2D eigenvalue weighted by molar-refractivity contribution is 7.89. The van der Waals surface area contributed by atoms with Crippen molar-refractivity contribution in [3.05, 3.63) is 47.3 Å². The summed E-state index contributed by atoms with van der Waals surface area (Å²) in [5.74, 6) is 0. The van der Waals surface area contributed by atoms with Crippen LogP contribution >= 0.6 is 0 Å². The lowest BCUT2D eigenvalue weighted by atomic mass is 10.2. The number of aryl methyl sites for hydroxylation is 1. The fourth-order valence-corrected chi connectivity index (χ4v) is 3.42. The summed E-state index contributed by atoms with van der Waals surface area (Å²) in [6.45, 7) is 3.27. The lowest BCUT2D eigenvalue weighted by Crippen LogP contribution is -2.27. The molecule has 7 heteroatoms. The Morgan fingerprint density at radius 3 is 2.80 bits per heavy atom. The number of H-pyrrole nitrogens is 1. The van der Waals surface area contributed by atoms with Crippen molar-refractivity contribution in [2.45, 2.75) is 31.4 Å². The summed E-state index contributed by atoms with van der Waals surface area (Å²) in [6, 6.07) is 4.48. The second-order valence-electron chi connectivity index (χ2n) is 4.63. The van der Waals surface area contributed by atoms with E-state index in [-0.39, 0.29) is 11.5 Å². The standard InChI is InChI=1S/C13H17N3O3S/c1-9-3-4-11(8-17)5-13(9)20(18,19)16-10(2)12-6-14-15-7-12/h3-7,10,16-17H,8H2,1-2H3,(H,14,15). The fourth-order valence-electron chi connectivity index (χ4n) is 1.89. The molecule has 0 saturated heterocycles. The van der Waals surface area contributed by atoms with Gasteiger partial charge in [-0.3, -0.25) is 5.10 Å². The highest BCUT2D eigenvalue weighted by Crippen LogP contribution is 2.20. The number of hydrogen-bond acceptors (Lipinski definition) is 4. The maximum absolute atomic E-state index is 12.4. The van der Waals surface area contributed by atoms with Gasteiger partial charge >= 0.3 is 0 Å². The molecule has 0 amide bonds. The molecular formula is C13H17N3O3S. The number of aromatic nitrogens is 2. The van der Waals surface area contributed by atoms with Gasteiger partial charge in [-0.25, -0.2) is 13.1 Å². The average molecular weight is 295 g/mol. The van der Waals surface area contributed by atoms with E-state index in [1.165, 1.54) is 6.07 Å². The van der Waals surface area contributed by atoms with Crippen LogP contribution in [-0.2, 0) is 16.6 Å². The van der Waals surface area contributed by atoms with Crippen molar-refractivity contribution in [3.8, 4) is 0 Å². The molecule has 20 heavy (non-hydrogen) atoms. The number of rotatable bonds is 5. The number of hydrogen-bond donors (Lipinski definition) is 3. The fraction of sp³-hybridized carbons (Fsp3) is 0.308. The number of aliphatic hydroxyl groups is 1. The lowest BCUT2D eigenvalue weighted by molar-refractivity contribution is 0.281. The van der Waals surface area contributed by atoms with E-state index in [2.05, 4.69) is 14.9 Å². The third-order valence-corrected chi connectivity index (χ3v) is 4.76. The number of aliphatic hydroxyl groups excluding tert-OH is 1. The minimum Gasteiger partial charge on any atom is -0.392 e. The Kier molecular flexibility index (Phi) is 4.22. The monoisotopic (exact) mass is 295 g/mol. The van der Waals surface area contributed by atoms with Crippen molar-refractivity contribution in [3.63, 3.8) is 0 Å². The molecule has 1 unspecified atom stereocenters. The maximum atomic E-state index is 12.4. The van der Waals surface area contributed by atoms with Crippen LogP contribution in [0, 0.1) is 6.92 Å². The minimum absolute atomic E-state index is 0.180. The van der Waals surface area contributed by atoms with Crippen molar-refractivity contribution in [1.82, 2.24) is 14.9 Å². The summed E-state index contributed by atoms with van der Waals surface area (Å²) in [7, 11) is -3.65. The summed E-state index contributed by atoms with van der Waals surface area (Å²) in [4.78, 5) is 0.180. The molecule has 108 valence electrons. The number of aromatic amines is 1. The summed E-state index contributed by atoms with van der Waals surface area (Å²) in [6.07, 6.45) is 3.22. The van der Waals surface area contributed by atoms with E-state index in [0.717, 1.165) is 5.56 Å². The van der Waals surface area contributed by atoms with E-state index in [9.17, 15) is 8.42 Å². The van der Waals surface area contributed by atoms with Crippen LogP contribution in [0.2, 0.25) is 0 Å². The zero-order valence-corrected chi connectivity index (χ0v) is 12.1. The van der Waals surface area contributed by atoms with Crippen LogP contribution in [0.25, 0.3) is 0 Å². The SMILES string of the molecule is Cc1ccc(CO)cc1S(=O)(=O)NC(C)c1cn[nH]c1. The molecule has 1 heterocycles. The number of benzene rings is 1. The summed E-state index contributed by atoms with van der Waals surface area (Å²) >= 11 is 0. The van der Waals surface area contributed by atoms with Gasteiger partial charge in [-0.05, 0) is 31.0 Å². The van der Waals surface area contributed by atoms with Gasteiger partial charge in [-0.1, -0.05) is 12.1 Å². The van der Waals surface area contributed by atoms with Gasteiger partial charge in [0, 0.05) is 17.8 Å². The first-order chi connectivity index (χ1) is 9.44. The Morgan fingerprint density at radius 2 is 2.20 bits per heavy atom. The first kappa shape index (κ1) is 14.7. The molecule has 0 aliphatic rings. The Bertz CT molecular complexity index is 681. The van der Waals surface area contributed by atoms with Crippen molar-refractivity contribution in [2.24, 2.45) is 0 Å². The first-order valence-corrected chi connectivity index (χ1v) is 7.64. The second kappa shape index (κ2) is 5.74. The summed E-state index contributed by atoms with van der Waals surface area (Å²) in [5, 5.41) is 15.6. The lowest BCUT2D eigenvalue weighted by Gasteiger charge is -2.14. The van der Waals surface area contributed by atoms with Gasteiger partial charge in [0.1, 0.15) is 0 Å². The molecule has 0 aliphatic heterocycles. The first-order valence-electron chi connectivity index (χ1n) is 6.15. The third kappa shape index (κ3) is 3.06. The average Bonchev–Trinajstić information content (AvgIpc) is 2.92. The third-order valence-electron chi connectivity index (χ3n) is 3.08. The van der Waals surface area contributed by atoms with Crippen LogP contribution in [0.4, 0.5) is 0 Å². The molecule has 2 aromatic rings. The summed E-state index contributed by atoms with van der Waals surface area (Å²) in [5.41, 5.74) is 1.95. The van der Waals surface area contributed by atoms with E-state index in [1.807, 2.05) is 0 Å². The van der Waals surface area contributed by atoms with Crippen LogP contribution < -0.4 is 4.72 Å². The van der Waals surface area contributed by atoms with Gasteiger partial charge in [-0.2, -0.15) is 5.10 Å². The van der Waals surface area contributed by atoms with E-state index >= 15 is 0 Å². The van der Waals surface area contributed by atoms with E-state index < -0.39 is 16.1 Å². The molecule has 2 rings (SSSR count). The smallest absolute Gasteiger partial charge is 0.241 e.